The van der Waals surface area contributed by atoms with Crippen LogP contribution in [0.4, 0.5) is 17.1 Å². The molecule has 13 nitrogen and oxygen atoms in total. The molecule has 0 spiro atoms. The summed E-state index contributed by atoms with van der Waals surface area (Å²) in [5.74, 6) is -1.25. The number of carbonyl (C=O) groups excluding carboxylic acids is 4. The molecule has 1 aliphatic heterocycles. The summed E-state index contributed by atoms with van der Waals surface area (Å²) in [6.45, 7) is 6.23. The Labute approximate surface area is 258 Å². The van der Waals surface area contributed by atoms with Crippen molar-refractivity contribution in [3.63, 3.8) is 0 Å². The molecule has 0 aliphatic carbocycles. The SMILES string of the molecule is Cc1ccsc1C(=O)Nc1cc(C(=O)Nc2cc(C(=O)Nc3cc(C(=O)NCCN4CCOCC4)n(C)c3)n(C)c2)n(C)c1. The molecule has 4 N–H and O–H groups in total. The lowest BCUT2D eigenvalue weighted by Crippen LogP contribution is -2.41. The number of hydrogen-bond donors (Lipinski definition) is 4. The van der Waals surface area contributed by atoms with E-state index in [9.17, 15) is 19.2 Å². The van der Waals surface area contributed by atoms with Crippen LogP contribution in [-0.2, 0) is 25.9 Å². The maximum atomic E-state index is 13.1. The van der Waals surface area contributed by atoms with Crippen molar-refractivity contribution < 1.29 is 23.9 Å². The van der Waals surface area contributed by atoms with Gasteiger partial charge in [0.05, 0.1) is 35.2 Å². The second-order valence-corrected chi connectivity index (χ2v) is 11.6. The second kappa shape index (κ2) is 13.3. The molecular weight excluding hydrogens is 584 g/mol. The lowest BCUT2D eigenvalue weighted by Gasteiger charge is -2.26. The van der Waals surface area contributed by atoms with Gasteiger partial charge in [0.25, 0.3) is 23.6 Å². The Morgan fingerprint density at radius 2 is 1.23 bits per heavy atom. The van der Waals surface area contributed by atoms with Crippen molar-refractivity contribution in [2.24, 2.45) is 21.1 Å². The number of aromatic nitrogens is 3. The summed E-state index contributed by atoms with van der Waals surface area (Å²) in [4.78, 5) is 54.4. The number of nitrogens with zero attached hydrogens (tertiary/aromatic N) is 4. The zero-order chi connectivity index (χ0) is 31.4. The van der Waals surface area contributed by atoms with Crippen LogP contribution in [0.2, 0.25) is 0 Å². The van der Waals surface area contributed by atoms with E-state index in [1.807, 2.05) is 18.4 Å². The quantitative estimate of drug-likeness (QED) is 0.215. The number of ether oxygens (including phenoxy) is 1. The van der Waals surface area contributed by atoms with Crippen molar-refractivity contribution in [2.75, 3.05) is 55.3 Å². The van der Waals surface area contributed by atoms with E-state index in [1.54, 1.807) is 71.6 Å². The lowest BCUT2D eigenvalue weighted by atomic mass is 10.3. The molecule has 0 bridgehead atoms. The van der Waals surface area contributed by atoms with Crippen LogP contribution < -0.4 is 21.3 Å². The second-order valence-electron chi connectivity index (χ2n) is 10.7. The molecule has 232 valence electrons. The van der Waals surface area contributed by atoms with Crippen LogP contribution in [0.25, 0.3) is 0 Å². The van der Waals surface area contributed by atoms with Gasteiger partial charge in [-0.05, 0) is 42.1 Å². The van der Waals surface area contributed by atoms with Gasteiger partial charge < -0.3 is 39.7 Å². The maximum Gasteiger partial charge on any atom is 0.272 e. The Balaban J connectivity index is 1.17. The van der Waals surface area contributed by atoms with E-state index in [1.165, 1.54) is 11.3 Å². The van der Waals surface area contributed by atoms with Crippen LogP contribution in [0, 0.1) is 6.92 Å². The van der Waals surface area contributed by atoms with Crippen LogP contribution in [-0.4, -0.2) is 81.6 Å². The van der Waals surface area contributed by atoms with Crippen LogP contribution in [0.5, 0.6) is 0 Å². The standard InChI is InChI=1S/C30H36N8O5S/c1-19-5-12-44-26(19)30(42)34-22-15-25(37(4)18-22)29(41)33-21-14-24(36(3)17-21)28(40)32-20-13-23(35(2)16-20)27(39)31-6-7-38-8-10-43-11-9-38/h5,12-18H,6-11H2,1-4H3,(H,31,39)(H,32,40)(H,33,41)(H,34,42). The van der Waals surface area contributed by atoms with Crippen molar-refractivity contribution in [1.29, 1.82) is 0 Å². The van der Waals surface area contributed by atoms with Gasteiger partial charge in [-0.15, -0.1) is 11.3 Å². The fraction of sp³-hybridized carbons (Fsp3) is 0.333. The molecule has 14 heteroatoms. The van der Waals surface area contributed by atoms with E-state index in [0.29, 0.717) is 58.8 Å². The summed E-state index contributed by atoms with van der Waals surface area (Å²) in [7, 11) is 5.15. The summed E-state index contributed by atoms with van der Waals surface area (Å²) in [6, 6.07) is 6.67. The van der Waals surface area contributed by atoms with Gasteiger partial charge in [-0.1, -0.05) is 0 Å². The number of anilines is 3. The summed E-state index contributed by atoms with van der Waals surface area (Å²) in [5.41, 5.74) is 3.35. The van der Waals surface area contributed by atoms with E-state index in [4.69, 9.17) is 4.74 Å². The third kappa shape index (κ3) is 7.10. The predicted octanol–water partition coefficient (Wildman–Crippen LogP) is 2.89. The average molecular weight is 621 g/mol. The van der Waals surface area contributed by atoms with Crippen LogP contribution in [0.1, 0.15) is 46.7 Å². The fourth-order valence-corrected chi connectivity index (χ4v) is 5.82. The molecule has 4 aromatic heterocycles. The zero-order valence-corrected chi connectivity index (χ0v) is 25.9. The van der Waals surface area contributed by atoms with E-state index in [2.05, 4.69) is 26.2 Å². The van der Waals surface area contributed by atoms with Gasteiger partial charge >= 0.3 is 0 Å². The molecule has 44 heavy (non-hydrogen) atoms. The van der Waals surface area contributed by atoms with Crippen LogP contribution in [0.3, 0.4) is 0 Å². The summed E-state index contributed by atoms with van der Waals surface area (Å²) in [5, 5.41) is 13.3. The van der Waals surface area contributed by atoms with Gasteiger partial charge in [0.2, 0.25) is 0 Å². The highest BCUT2D eigenvalue weighted by atomic mass is 32.1. The first-order chi connectivity index (χ1) is 21.1. The summed E-state index contributed by atoms with van der Waals surface area (Å²) >= 11 is 1.36. The van der Waals surface area contributed by atoms with Gasteiger partial charge in [-0.3, -0.25) is 24.1 Å². The molecular formula is C30H36N8O5S. The molecule has 0 aromatic carbocycles. The third-order valence-electron chi connectivity index (χ3n) is 7.37. The minimum absolute atomic E-state index is 0.227. The Hall–Kier alpha value is -4.66. The van der Waals surface area contributed by atoms with Gasteiger partial charge in [-0.25, -0.2) is 0 Å². The van der Waals surface area contributed by atoms with Gasteiger partial charge in [0.15, 0.2) is 0 Å². The van der Waals surface area contributed by atoms with Crippen molar-refractivity contribution >= 4 is 52.0 Å². The maximum absolute atomic E-state index is 13.1. The number of hydrogen-bond acceptors (Lipinski definition) is 7. The molecule has 0 atom stereocenters. The first-order valence-corrected chi connectivity index (χ1v) is 15.0. The number of morpholine rings is 1. The van der Waals surface area contributed by atoms with Gasteiger partial charge in [0.1, 0.15) is 17.1 Å². The highest BCUT2D eigenvalue weighted by Gasteiger charge is 2.20. The van der Waals surface area contributed by atoms with E-state index < -0.39 is 11.8 Å². The van der Waals surface area contributed by atoms with Crippen molar-refractivity contribution in [3.8, 4) is 0 Å². The molecule has 1 fully saturated rings. The largest absolute Gasteiger partial charge is 0.379 e. The third-order valence-corrected chi connectivity index (χ3v) is 8.39. The molecule has 5 rings (SSSR count). The minimum atomic E-state index is -0.398. The van der Waals surface area contributed by atoms with Crippen LogP contribution >= 0.6 is 11.3 Å². The number of rotatable bonds is 10. The van der Waals surface area contributed by atoms with Crippen molar-refractivity contribution in [2.45, 2.75) is 6.92 Å². The number of nitrogens with one attached hydrogen (secondary N) is 4. The fourth-order valence-electron chi connectivity index (χ4n) is 5.00. The van der Waals surface area contributed by atoms with Gasteiger partial charge in [0, 0.05) is 65.9 Å². The highest BCUT2D eigenvalue weighted by Crippen LogP contribution is 2.21. The van der Waals surface area contributed by atoms with E-state index in [-0.39, 0.29) is 11.8 Å². The molecule has 1 saturated heterocycles. The Kier molecular flexibility index (Phi) is 9.32. The monoisotopic (exact) mass is 620 g/mol. The first-order valence-electron chi connectivity index (χ1n) is 14.1. The van der Waals surface area contributed by atoms with E-state index in [0.717, 1.165) is 25.2 Å². The highest BCUT2D eigenvalue weighted by molar-refractivity contribution is 7.12. The summed E-state index contributed by atoms with van der Waals surface area (Å²) < 4.78 is 10.2. The molecule has 0 saturated carbocycles. The molecule has 0 radical (unpaired) electrons. The number of aryl methyl sites for hydroxylation is 4. The van der Waals surface area contributed by atoms with Crippen molar-refractivity contribution in [1.82, 2.24) is 23.9 Å². The molecule has 4 aromatic rings. The molecule has 5 heterocycles. The average Bonchev–Trinajstić information content (AvgIpc) is 3.76. The smallest absolute Gasteiger partial charge is 0.272 e. The Morgan fingerprint density at radius 1 is 0.750 bits per heavy atom. The molecule has 4 amide bonds. The van der Waals surface area contributed by atoms with E-state index >= 15 is 0 Å². The van der Waals surface area contributed by atoms with Crippen LogP contribution in [0.15, 0.2) is 48.2 Å². The minimum Gasteiger partial charge on any atom is -0.379 e. The number of thiophene rings is 1. The molecule has 0 unspecified atom stereocenters. The topological polar surface area (TPSA) is 144 Å². The summed E-state index contributed by atoms with van der Waals surface area (Å²) in [6.07, 6.45) is 4.97. The Morgan fingerprint density at radius 3 is 1.70 bits per heavy atom. The van der Waals surface area contributed by atoms with Crippen molar-refractivity contribution in [3.05, 3.63) is 75.8 Å². The van der Waals surface area contributed by atoms with Gasteiger partial charge in [-0.2, -0.15) is 0 Å². The number of carbonyl (C=O) groups is 4. The normalized spacial score (nSPS) is 13.5. The molecule has 1 aliphatic rings. The lowest BCUT2D eigenvalue weighted by molar-refractivity contribution is 0.0383. The zero-order valence-electron chi connectivity index (χ0n) is 25.1. The number of amides is 4. The Bertz CT molecular complexity index is 1690. The first kappa shape index (κ1) is 30.8. The predicted molar refractivity (Wildman–Crippen MR) is 169 cm³/mol.